The summed E-state index contributed by atoms with van der Waals surface area (Å²) in [6, 6.07) is 18.8. The molecule has 162 valence electrons. The highest BCUT2D eigenvalue weighted by Gasteiger charge is 2.15. The van der Waals surface area contributed by atoms with Crippen LogP contribution < -0.4 is 20.1 Å². The molecule has 0 radical (unpaired) electrons. The third-order valence-electron chi connectivity index (χ3n) is 4.44. The second-order valence-corrected chi connectivity index (χ2v) is 7.67. The Morgan fingerprint density at radius 2 is 1.71 bits per heavy atom. The van der Waals surface area contributed by atoms with E-state index in [1.807, 2.05) is 56.3 Å². The van der Waals surface area contributed by atoms with Crippen molar-refractivity contribution in [3.63, 3.8) is 0 Å². The van der Waals surface area contributed by atoms with Crippen molar-refractivity contribution in [1.82, 2.24) is 0 Å². The Labute approximate surface area is 192 Å². The van der Waals surface area contributed by atoms with Crippen LogP contribution in [0.4, 0.5) is 11.4 Å². The molecule has 7 heteroatoms. The number of para-hydroxylation sites is 1. The molecular formula is C24H24Cl2N2O3. The summed E-state index contributed by atoms with van der Waals surface area (Å²) in [5.74, 6) is 0.503. The Balaban J connectivity index is 1.66. The third-order valence-corrected chi connectivity index (χ3v) is 5.13. The lowest BCUT2D eigenvalue weighted by Crippen LogP contribution is -2.20. The fourth-order valence-corrected chi connectivity index (χ4v) is 3.36. The molecule has 0 unspecified atom stereocenters. The second-order valence-electron chi connectivity index (χ2n) is 6.86. The van der Waals surface area contributed by atoms with Crippen LogP contribution in [0, 0.1) is 6.92 Å². The number of halogens is 2. The van der Waals surface area contributed by atoms with Crippen LogP contribution in [0.2, 0.25) is 10.0 Å². The molecule has 0 heterocycles. The second kappa shape index (κ2) is 10.9. The zero-order valence-corrected chi connectivity index (χ0v) is 18.9. The van der Waals surface area contributed by atoms with E-state index in [0.29, 0.717) is 40.4 Å². The first-order valence-corrected chi connectivity index (χ1v) is 10.6. The van der Waals surface area contributed by atoms with E-state index in [0.717, 1.165) is 16.8 Å². The Morgan fingerprint density at radius 1 is 0.935 bits per heavy atom. The summed E-state index contributed by atoms with van der Waals surface area (Å²) in [6.45, 7) is 4.57. The molecule has 3 aromatic rings. The standard InChI is InChI=1S/C24H24Cl2N2O3/c1-3-30-22-12-17(14-27-18-7-5-4-6-8-18)11-21(26)24(22)31-15-23(29)28-19-10-9-16(2)20(25)13-19/h4-13,27H,3,14-15H2,1-2H3,(H,28,29). The number of aryl methyl sites for hydroxylation is 1. The lowest BCUT2D eigenvalue weighted by atomic mass is 10.2. The maximum atomic E-state index is 12.3. The van der Waals surface area contributed by atoms with Gasteiger partial charge in [-0.3, -0.25) is 4.79 Å². The van der Waals surface area contributed by atoms with Gasteiger partial charge >= 0.3 is 0 Å². The highest BCUT2D eigenvalue weighted by atomic mass is 35.5. The lowest BCUT2D eigenvalue weighted by Gasteiger charge is -2.16. The van der Waals surface area contributed by atoms with Gasteiger partial charge in [0, 0.05) is 22.9 Å². The van der Waals surface area contributed by atoms with Crippen molar-refractivity contribution in [1.29, 1.82) is 0 Å². The number of carbonyl (C=O) groups is 1. The first-order valence-electron chi connectivity index (χ1n) is 9.89. The van der Waals surface area contributed by atoms with Crippen LogP contribution in [0.25, 0.3) is 0 Å². The van der Waals surface area contributed by atoms with Crippen LogP contribution in [0.3, 0.4) is 0 Å². The number of hydrogen-bond acceptors (Lipinski definition) is 4. The number of amides is 1. The average Bonchev–Trinajstić information content (AvgIpc) is 2.75. The third kappa shape index (κ3) is 6.54. The van der Waals surface area contributed by atoms with E-state index in [-0.39, 0.29) is 12.5 Å². The number of anilines is 2. The summed E-state index contributed by atoms with van der Waals surface area (Å²) >= 11 is 12.6. The lowest BCUT2D eigenvalue weighted by molar-refractivity contribution is -0.118. The number of hydrogen-bond donors (Lipinski definition) is 2. The Bertz CT molecular complexity index is 1040. The largest absolute Gasteiger partial charge is 0.490 e. The highest BCUT2D eigenvalue weighted by Crippen LogP contribution is 2.37. The van der Waals surface area contributed by atoms with Crippen molar-refractivity contribution in [2.75, 3.05) is 23.8 Å². The molecule has 0 spiro atoms. The van der Waals surface area contributed by atoms with Gasteiger partial charge in [-0.25, -0.2) is 0 Å². The smallest absolute Gasteiger partial charge is 0.262 e. The van der Waals surface area contributed by atoms with Gasteiger partial charge in [-0.05, 0) is 61.4 Å². The molecule has 5 nitrogen and oxygen atoms in total. The molecule has 0 aliphatic carbocycles. The molecule has 3 rings (SSSR count). The summed E-state index contributed by atoms with van der Waals surface area (Å²) in [6.07, 6.45) is 0. The summed E-state index contributed by atoms with van der Waals surface area (Å²) in [5.41, 5.74) is 3.47. The molecule has 0 saturated carbocycles. The summed E-state index contributed by atoms with van der Waals surface area (Å²) in [4.78, 5) is 12.3. The number of ether oxygens (including phenoxy) is 2. The molecule has 31 heavy (non-hydrogen) atoms. The van der Waals surface area contributed by atoms with Crippen molar-refractivity contribution in [2.24, 2.45) is 0 Å². The van der Waals surface area contributed by atoms with Gasteiger partial charge in [-0.2, -0.15) is 0 Å². The normalized spacial score (nSPS) is 10.5. The van der Waals surface area contributed by atoms with Crippen LogP contribution in [-0.4, -0.2) is 19.1 Å². The monoisotopic (exact) mass is 458 g/mol. The van der Waals surface area contributed by atoms with Gasteiger partial charge in [0.05, 0.1) is 11.6 Å². The molecular weight excluding hydrogens is 435 g/mol. The molecule has 3 aromatic carbocycles. The fourth-order valence-electron chi connectivity index (χ4n) is 2.89. The summed E-state index contributed by atoms with van der Waals surface area (Å²) < 4.78 is 11.4. The Hall–Kier alpha value is -2.89. The minimum atomic E-state index is -0.326. The molecule has 0 fully saturated rings. The van der Waals surface area contributed by atoms with Crippen LogP contribution in [0.5, 0.6) is 11.5 Å². The van der Waals surface area contributed by atoms with Crippen molar-refractivity contribution in [3.05, 3.63) is 81.8 Å². The van der Waals surface area contributed by atoms with Gasteiger partial charge in [0.1, 0.15) is 0 Å². The quantitative estimate of drug-likeness (QED) is 0.393. The number of nitrogens with one attached hydrogen (secondary N) is 2. The predicted molar refractivity (Wildman–Crippen MR) is 127 cm³/mol. The van der Waals surface area contributed by atoms with E-state index in [1.165, 1.54) is 0 Å². The van der Waals surface area contributed by atoms with Gasteiger partial charge in [0.2, 0.25) is 0 Å². The average molecular weight is 459 g/mol. The van der Waals surface area contributed by atoms with E-state index in [1.54, 1.807) is 18.2 Å². The SMILES string of the molecule is CCOc1cc(CNc2ccccc2)cc(Cl)c1OCC(=O)Nc1ccc(C)c(Cl)c1. The van der Waals surface area contributed by atoms with Gasteiger partial charge in [0.15, 0.2) is 18.1 Å². The first kappa shape index (κ1) is 22.8. The first-order chi connectivity index (χ1) is 15.0. The van der Waals surface area contributed by atoms with Crippen molar-refractivity contribution >= 4 is 40.5 Å². The molecule has 2 N–H and O–H groups in total. The van der Waals surface area contributed by atoms with Crippen molar-refractivity contribution in [2.45, 2.75) is 20.4 Å². The van der Waals surface area contributed by atoms with Gasteiger partial charge in [-0.1, -0.05) is 47.5 Å². The molecule has 0 aliphatic rings. The number of benzene rings is 3. The summed E-state index contributed by atoms with van der Waals surface area (Å²) in [7, 11) is 0. The summed E-state index contributed by atoms with van der Waals surface area (Å²) in [5, 5.41) is 7.05. The van der Waals surface area contributed by atoms with Gasteiger partial charge in [-0.15, -0.1) is 0 Å². The maximum Gasteiger partial charge on any atom is 0.262 e. The predicted octanol–water partition coefficient (Wildman–Crippen LogP) is 6.33. The fraction of sp³-hybridized carbons (Fsp3) is 0.208. The van der Waals surface area contributed by atoms with Crippen molar-refractivity contribution < 1.29 is 14.3 Å². The minimum absolute atomic E-state index is 0.215. The zero-order valence-electron chi connectivity index (χ0n) is 17.4. The topological polar surface area (TPSA) is 59.6 Å². The van der Waals surface area contributed by atoms with E-state index < -0.39 is 0 Å². The number of carbonyl (C=O) groups excluding carboxylic acids is 1. The molecule has 0 aliphatic heterocycles. The molecule has 0 bridgehead atoms. The Morgan fingerprint density at radius 3 is 2.42 bits per heavy atom. The van der Waals surface area contributed by atoms with E-state index >= 15 is 0 Å². The minimum Gasteiger partial charge on any atom is -0.490 e. The molecule has 0 aromatic heterocycles. The van der Waals surface area contributed by atoms with Crippen LogP contribution in [0.15, 0.2) is 60.7 Å². The molecule has 0 atom stereocenters. The van der Waals surface area contributed by atoms with E-state index in [9.17, 15) is 4.79 Å². The van der Waals surface area contributed by atoms with Gasteiger partial charge < -0.3 is 20.1 Å². The van der Waals surface area contributed by atoms with Crippen molar-refractivity contribution in [3.8, 4) is 11.5 Å². The zero-order chi connectivity index (χ0) is 22.2. The Kier molecular flexibility index (Phi) is 8.04. The highest BCUT2D eigenvalue weighted by molar-refractivity contribution is 6.32. The number of rotatable bonds is 9. The molecule has 0 saturated heterocycles. The van der Waals surface area contributed by atoms with Crippen LogP contribution in [0.1, 0.15) is 18.1 Å². The van der Waals surface area contributed by atoms with E-state index in [4.69, 9.17) is 32.7 Å². The molecule has 1 amide bonds. The van der Waals surface area contributed by atoms with E-state index in [2.05, 4.69) is 10.6 Å². The van der Waals surface area contributed by atoms with Gasteiger partial charge in [0.25, 0.3) is 5.91 Å². The van der Waals surface area contributed by atoms with Crippen LogP contribution >= 0.6 is 23.2 Å². The maximum absolute atomic E-state index is 12.3. The van der Waals surface area contributed by atoms with Crippen LogP contribution in [-0.2, 0) is 11.3 Å².